The van der Waals surface area contributed by atoms with E-state index in [2.05, 4.69) is 25.2 Å². The molecule has 0 aliphatic rings. The molecule has 0 aliphatic carbocycles. The fourth-order valence-corrected chi connectivity index (χ4v) is 4.25. The van der Waals surface area contributed by atoms with Gasteiger partial charge in [-0.3, -0.25) is 9.59 Å². The fraction of sp³-hybridized carbons (Fsp3) is 0.440. The van der Waals surface area contributed by atoms with Gasteiger partial charge in [-0.15, -0.1) is 11.8 Å². The Bertz CT molecular complexity index is 855. The number of carbonyl (C=O) groups excluding carboxylic acids is 2. The molecule has 2 amide bonds. The van der Waals surface area contributed by atoms with Crippen LogP contribution in [0.5, 0.6) is 0 Å². The van der Waals surface area contributed by atoms with Crippen LogP contribution in [-0.2, 0) is 16.1 Å². The van der Waals surface area contributed by atoms with E-state index < -0.39 is 6.04 Å². The van der Waals surface area contributed by atoms with Crippen LogP contribution in [0.1, 0.15) is 44.7 Å². The highest BCUT2D eigenvalue weighted by Gasteiger charge is 2.28. The molecule has 0 aromatic heterocycles. The van der Waals surface area contributed by atoms with Crippen molar-refractivity contribution in [2.24, 2.45) is 5.92 Å². The molecule has 0 unspecified atom stereocenters. The molecule has 0 fully saturated rings. The Morgan fingerprint density at radius 3 is 2.45 bits per heavy atom. The minimum atomic E-state index is -0.479. The summed E-state index contributed by atoms with van der Waals surface area (Å²) >= 11 is 7.56. The van der Waals surface area contributed by atoms with Gasteiger partial charge in [0.05, 0.1) is 0 Å². The molecular weight excluding hydrogens is 428 g/mol. The quantitative estimate of drug-likeness (QED) is 0.437. The van der Waals surface area contributed by atoms with E-state index in [1.807, 2.05) is 56.3 Å². The maximum atomic E-state index is 13.2. The number of halogens is 1. The molecule has 0 spiro atoms. The third-order valence-electron chi connectivity index (χ3n) is 4.90. The SMILES string of the molecule is CC[C@@H](C(=O)NCC(C)C)N(Cc1cccc(C)c1)C(=O)CCSc1ccc(Cl)cc1. The topological polar surface area (TPSA) is 49.4 Å². The van der Waals surface area contributed by atoms with Crippen LogP contribution in [0.4, 0.5) is 0 Å². The standard InChI is InChI=1S/C25H33ClN2O2S/c1-5-23(25(30)27-16-18(2)3)28(17-20-8-6-7-19(4)15-20)24(29)13-14-31-22-11-9-21(26)10-12-22/h6-12,15,18,23H,5,13-14,16-17H2,1-4H3,(H,27,30)/t23-/m0/s1. The van der Waals surface area contributed by atoms with Gasteiger partial charge >= 0.3 is 0 Å². The van der Waals surface area contributed by atoms with E-state index in [-0.39, 0.29) is 11.8 Å². The van der Waals surface area contributed by atoms with Crippen molar-refractivity contribution in [2.45, 2.75) is 58.0 Å². The number of benzene rings is 2. The summed E-state index contributed by atoms with van der Waals surface area (Å²) in [5.74, 6) is 0.921. The molecule has 4 nitrogen and oxygen atoms in total. The van der Waals surface area contributed by atoms with Crippen LogP contribution in [0.25, 0.3) is 0 Å². The molecule has 168 valence electrons. The first-order chi connectivity index (χ1) is 14.8. The first kappa shape index (κ1) is 25.3. The van der Waals surface area contributed by atoms with Crippen LogP contribution in [0.15, 0.2) is 53.4 Å². The predicted octanol–water partition coefficient (Wildman–Crippen LogP) is 5.71. The Kier molecular flexibility index (Phi) is 10.4. The number of amides is 2. The summed E-state index contributed by atoms with van der Waals surface area (Å²) in [5, 5.41) is 3.70. The Labute approximate surface area is 195 Å². The van der Waals surface area contributed by atoms with E-state index >= 15 is 0 Å². The van der Waals surface area contributed by atoms with Crippen LogP contribution >= 0.6 is 23.4 Å². The average molecular weight is 461 g/mol. The van der Waals surface area contributed by atoms with Crippen molar-refractivity contribution in [2.75, 3.05) is 12.3 Å². The fourth-order valence-electron chi connectivity index (χ4n) is 3.28. The van der Waals surface area contributed by atoms with Gasteiger partial charge in [-0.25, -0.2) is 0 Å². The molecule has 0 saturated carbocycles. The summed E-state index contributed by atoms with van der Waals surface area (Å²) < 4.78 is 0. The van der Waals surface area contributed by atoms with Crippen LogP contribution in [0.2, 0.25) is 5.02 Å². The lowest BCUT2D eigenvalue weighted by molar-refractivity contribution is -0.141. The Morgan fingerprint density at radius 2 is 1.84 bits per heavy atom. The molecular formula is C25H33ClN2O2S. The lowest BCUT2D eigenvalue weighted by Crippen LogP contribution is -2.49. The lowest BCUT2D eigenvalue weighted by Gasteiger charge is -2.31. The second-order valence-corrected chi connectivity index (χ2v) is 9.73. The second-order valence-electron chi connectivity index (χ2n) is 8.13. The summed E-state index contributed by atoms with van der Waals surface area (Å²) in [6.45, 7) is 9.15. The zero-order valence-electron chi connectivity index (χ0n) is 18.9. The monoisotopic (exact) mass is 460 g/mol. The van der Waals surface area contributed by atoms with E-state index in [9.17, 15) is 9.59 Å². The van der Waals surface area contributed by atoms with Gasteiger partial charge in [0.25, 0.3) is 0 Å². The Morgan fingerprint density at radius 1 is 1.13 bits per heavy atom. The summed E-state index contributed by atoms with van der Waals surface area (Å²) in [6, 6.07) is 15.2. The number of hydrogen-bond acceptors (Lipinski definition) is 3. The molecule has 0 radical (unpaired) electrons. The normalized spacial score (nSPS) is 11.9. The number of thioether (sulfide) groups is 1. The summed E-state index contributed by atoms with van der Waals surface area (Å²) in [4.78, 5) is 28.9. The van der Waals surface area contributed by atoms with Crippen molar-refractivity contribution in [3.05, 3.63) is 64.7 Å². The maximum absolute atomic E-state index is 13.2. The highest BCUT2D eigenvalue weighted by atomic mass is 35.5. The van der Waals surface area contributed by atoms with Crippen LogP contribution in [0.3, 0.4) is 0 Å². The summed E-state index contributed by atoms with van der Waals surface area (Å²) in [5.41, 5.74) is 2.18. The van der Waals surface area contributed by atoms with Gasteiger partial charge in [0.2, 0.25) is 11.8 Å². The zero-order chi connectivity index (χ0) is 22.8. The van der Waals surface area contributed by atoms with Gasteiger partial charge in [0, 0.05) is 35.2 Å². The zero-order valence-corrected chi connectivity index (χ0v) is 20.4. The third kappa shape index (κ3) is 8.58. The molecule has 31 heavy (non-hydrogen) atoms. The maximum Gasteiger partial charge on any atom is 0.242 e. The Hall–Kier alpha value is -1.98. The molecule has 2 aromatic rings. The van der Waals surface area contributed by atoms with Crippen LogP contribution < -0.4 is 5.32 Å². The number of carbonyl (C=O) groups is 2. The third-order valence-corrected chi connectivity index (χ3v) is 6.17. The minimum absolute atomic E-state index is 0.00508. The number of nitrogens with one attached hydrogen (secondary N) is 1. The highest BCUT2D eigenvalue weighted by molar-refractivity contribution is 7.99. The predicted molar refractivity (Wildman–Crippen MR) is 130 cm³/mol. The minimum Gasteiger partial charge on any atom is -0.354 e. The van der Waals surface area contributed by atoms with E-state index in [1.165, 1.54) is 0 Å². The van der Waals surface area contributed by atoms with Crippen molar-refractivity contribution in [1.82, 2.24) is 10.2 Å². The molecule has 6 heteroatoms. The number of hydrogen-bond donors (Lipinski definition) is 1. The van der Waals surface area contributed by atoms with E-state index in [0.717, 1.165) is 16.0 Å². The van der Waals surface area contributed by atoms with Gasteiger partial charge in [0.15, 0.2) is 0 Å². The van der Waals surface area contributed by atoms with Gasteiger partial charge in [-0.2, -0.15) is 0 Å². The van der Waals surface area contributed by atoms with Crippen molar-refractivity contribution in [3.8, 4) is 0 Å². The average Bonchev–Trinajstić information content (AvgIpc) is 2.73. The summed E-state index contributed by atoms with van der Waals surface area (Å²) in [6.07, 6.45) is 0.943. The van der Waals surface area contributed by atoms with Crippen molar-refractivity contribution >= 4 is 35.2 Å². The van der Waals surface area contributed by atoms with Crippen LogP contribution in [-0.4, -0.2) is 35.1 Å². The van der Waals surface area contributed by atoms with Gasteiger partial charge in [-0.05, 0) is 49.1 Å². The second kappa shape index (κ2) is 12.8. The molecule has 0 aliphatic heterocycles. The van der Waals surface area contributed by atoms with E-state index in [4.69, 9.17) is 11.6 Å². The van der Waals surface area contributed by atoms with Crippen molar-refractivity contribution in [1.29, 1.82) is 0 Å². The Balaban J connectivity index is 2.11. The largest absolute Gasteiger partial charge is 0.354 e. The molecule has 0 bridgehead atoms. The van der Waals surface area contributed by atoms with Gasteiger partial charge in [0.1, 0.15) is 6.04 Å². The smallest absolute Gasteiger partial charge is 0.242 e. The first-order valence-electron chi connectivity index (χ1n) is 10.8. The highest BCUT2D eigenvalue weighted by Crippen LogP contribution is 2.22. The molecule has 1 atom stereocenters. The first-order valence-corrected chi connectivity index (χ1v) is 12.2. The molecule has 0 saturated heterocycles. The van der Waals surface area contributed by atoms with Gasteiger partial charge < -0.3 is 10.2 Å². The number of aryl methyl sites for hydroxylation is 1. The molecule has 2 rings (SSSR count). The molecule has 0 heterocycles. The van der Waals surface area contributed by atoms with Crippen LogP contribution in [0, 0.1) is 12.8 Å². The van der Waals surface area contributed by atoms with Gasteiger partial charge in [-0.1, -0.05) is 62.2 Å². The van der Waals surface area contributed by atoms with Crippen molar-refractivity contribution in [3.63, 3.8) is 0 Å². The molecule has 1 N–H and O–H groups in total. The van der Waals surface area contributed by atoms with Crippen molar-refractivity contribution < 1.29 is 9.59 Å². The number of rotatable bonds is 11. The lowest BCUT2D eigenvalue weighted by atomic mass is 10.1. The summed E-state index contributed by atoms with van der Waals surface area (Å²) in [7, 11) is 0. The van der Waals surface area contributed by atoms with E-state index in [0.29, 0.717) is 42.6 Å². The molecule has 2 aromatic carbocycles. The number of nitrogens with zero attached hydrogens (tertiary/aromatic N) is 1. The van der Waals surface area contributed by atoms with E-state index in [1.54, 1.807) is 16.7 Å².